The number of hydrogen-bond acceptors (Lipinski definition) is 3. The average molecular weight is 150 g/mol. The first kappa shape index (κ1) is 7.02. The summed E-state index contributed by atoms with van der Waals surface area (Å²) in [7, 11) is -2.84. The Kier molecular flexibility index (Phi) is 1.77. The molecular weight excluding hydrogens is 140 g/mol. The Labute approximate surface area is 54.9 Å². The molecule has 0 radical (unpaired) electrons. The predicted molar refractivity (Wildman–Crippen MR) is 33.8 cm³/mol. The standard InChI is InChI=1S/C5H10O3S/c1-5-2-3-9(6,7)4-8-5/h5H,2-4H2,1H3. The molecule has 1 unspecified atom stereocenters. The summed E-state index contributed by atoms with van der Waals surface area (Å²) in [5, 5.41) is 0. The summed E-state index contributed by atoms with van der Waals surface area (Å²) in [6, 6.07) is 0. The zero-order chi connectivity index (χ0) is 6.91. The monoisotopic (exact) mass is 150 g/mol. The van der Waals surface area contributed by atoms with E-state index in [0.717, 1.165) is 0 Å². The van der Waals surface area contributed by atoms with Crippen LogP contribution in [0.2, 0.25) is 0 Å². The highest BCUT2D eigenvalue weighted by molar-refractivity contribution is 7.91. The fraction of sp³-hybridized carbons (Fsp3) is 1.00. The molecule has 0 spiro atoms. The molecule has 0 bridgehead atoms. The van der Waals surface area contributed by atoms with Gasteiger partial charge in [0.15, 0.2) is 9.84 Å². The maximum absolute atomic E-state index is 10.7. The van der Waals surface area contributed by atoms with Gasteiger partial charge in [0.1, 0.15) is 5.94 Å². The molecule has 1 rings (SSSR count). The van der Waals surface area contributed by atoms with E-state index in [1.54, 1.807) is 0 Å². The molecule has 0 aromatic carbocycles. The van der Waals surface area contributed by atoms with Gasteiger partial charge in [-0.05, 0) is 13.3 Å². The number of ether oxygens (including phenoxy) is 1. The topological polar surface area (TPSA) is 43.4 Å². The van der Waals surface area contributed by atoms with Crippen LogP contribution in [0.1, 0.15) is 13.3 Å². The molecule has 1 fully saturated rings. The normalized spacial score (nSPS) is 34.1. The van der Waals surface area contributed by atoms with Crippen LogP contribution in [0.3, 0.4) is 0 Å². The van der Waals surface area contributed by atoms with Crippen molar-refractivity contribution in [3.05, 3.63) is 0 Å². The van der Waals surface area contributed by atoms with Gasteiger partial charge in [0.05, 0.1) is 11.9 Å². The van der Waals surface area contributed by atoms with E-state index in [2.05, 4.69) is 0 Å². The number of hydrogen-bond donors (Lipinski definition) is 0. The van der Waals surface area contributed by atoms with Crippen molar-refractivity contribution < 1.29 is 13.2 Å². The van der Waals surface area contributed by atoms with E-state index < -0.39 is 9.84 Å². The van der Waals surface area contributed by atoms with Gasteiger partial charge in [-0.1, -0.05) is 0 Å². The molecule has 0 aliphatic carbocycles. The van der Waals surface area contributed by atoms with Crippen LogP contribution in [0.25, 0.3) is 0 Å². The number of sulfone groups is 1. The summed E-state index contributed by atoms with van der Waals surface area (Å²) in [4.78, 5) is 0. The molecule has 0 aromatic heterocycles. The maximum atomic E-state index is 10.7. The first-order chi connectivity index (χ1) is 4.10. The molecule has 0 N–H and O–H groups in total. The Bertz CT molecular complexity index is 168. The summed E-state index contributed by atoms with van der Waals surface area (Å²) in [6.45, 7) is 1.88. The fourth-order valence-electron chi connectivity index (χ4n) is 0.708. The van der Waals surface area contributed by atoms with Crippen molar-refractivity contribution >= 4 is 9.84 Å². The first-order valence-electron chi connectivity index (χ1n) is 2.92. The van der Waals surface area contributed by atoms with Crippen molar-refractivity contribution in [1.29, 1.82) is 0 Å². The zero-order valence-corrected chi connectivity index (χ0v) is 6.15. The second-order valence-electron chi connectivity index (χ2n) is 2.33. The van der Waals surface area contributed by atoms with Gasteiger partial charge in [-0.2, -0.15) is 0 Å². The predicted octanol–water partition coefficient (Wildman–Crippen LogP) is 0.167. The van der Waals surface area contributed by atoms with Gasteiger partial charge >= 0.3 is 0 Å². The minimum Gasteiger partial charge on any atom is -0.363 e. The molecule has 3 nitrogen and oxygen atoms in total. The van der Waals surface area contributed by atoms with Crippen LogP contribution < -0.4 is 0 Å². The quantitative estimate of drug-likeness (QED) is 0.494. The van der Waals surface area contributed by atoms with Crippen LogP contribution >= 0.6 is 0 Å². The van der Waals surface area contributed by atoms with Crippen molar-refractivity contribution in [2.24, 2.45) is 0 Å². The van der Waals surface area contributed by atoms with Crippen molar-refractivity contribution in [3.63, 3.8) is 0 Å². The molecule has 1 aliphatic heterocycles. The first-order valence-corrected chi connectivity index (χ1v) is 4.74. The second kappa shape index (κ2) is 2.27. The zero-order valence-electron chi connectivity index (χ0n) is 5.33. The van der Waals surface area contributed by atoms with E-state index in [4.69, 9.17) is 4.74 Å². The van der Waals surface area contributed by atoms with E-state index in [1.807, 2.05) is 6.92 Å². The summed E-state index contributed by atoms with van der Waals surface area (Å²) in [5.74, 6) is 0.197. The van der Waals surface area contributed by atoms with Crippen molar-refractivity contribution in [3.8, 4) is 0 Å². The molecule has 54 valence electrons. The lowest BCUT2D eigenvalue weighted by Crippen LogP contribution is -2.27. The van der Waals surface area contributed by atoms with Crippen molar-refractivity contribution in [1.82, 2.24) is 0 Å². The Morgan fingerprint density at radius 2 is 2.22 bits per heavy atom. The van der Waals surface area contributed by atoms with Gasteiger partial charge in [0.2, 0.25) is 0 Å². The Balaban J connectivity index is 2.55. The van der Waals surface area contributed by atoms with Crippen LogP contribution in [0.5, 0.6) is 0 Å². The van der Waals surface area contributed by atoms with Gasteiger partial charge in [-0.15, -0.1) is 0 Å². The Hall–Kier alpha value is -0.0900. The fourth-order valence-corrected chi connectivity index (χ4v) is 1.96. The molecule has 1 saturated heterocycles. The molecule has 0 amide bonds. The maximum Gasteiger partial charge on any atom is 0.174 e. The van der Waals surface area contributed by atoms with Gasteiger partial charge in [-0.25, -0.2) is 8.42 Å². The van der Waals surface area contributed by atoms with E-state index in [1.165, 1.54) is 0 Å². The van der Waals surface area contributed by atoms with E-state index in [0.29, 0.717) is 6.42 Å². The molecular formula is C5H10O3S. The highest BCUT2D eigenvalue weighted by Crippen LogP contribution is 2.09. The van der Waals surface area contributed by atoms with Gasteiger partial charge in [0, 0.05) is 0 Å². The van der Waals surface area contributed by atoms with Crippen molar-refractivity contribution in [2.45, 2.75) is 19.4 Å². The SMILES string of the molecule is CC1CCS(=O)(=O)CO1. The lowest BCUT2D eigenvalue weighted by Gasteiger charge is -2.18. The lowest BCUT2D eigenvalue weighted by molar-refractivity contribution is 0.0889. The largest absolute Gasteiger partial charge is 0.363 e. The third-order valence-electron chi connectivity index (χ3n) is 1.37. The molecule has 1 atom stereocenters. The van der Waals surface area contributed by atoms with E-state index in [-0.39, 0.29) is 17.8 Å². The van der Waals surface area contributed by atoms with Crippen LogP contribution in [0.4, 0.5) is 0 Å². The molecule has 9 heavy (non-hydrogen) atoms. The summed E-state index contributed by atoms with van der Waals surface area (Å²) < 4.78 is 26.2. The van der Waals surface area contributed by atoms with E-state index in [9.17, 15) is 8.42 Å². The van der Waals surface area contributed by atoms with Crippen LogP contribution in [-0.4, -0.2) is 26.2 Å². The summed E-state index contributed by atoms with van der Waals surface area (Å²) >= 11 is 0. The van der Waals surface area contributed by atoms with Crippen LogP contribution in [0.15, 0.2) is 0 Å². The minimum atomic E-state index is -2.84. The third-order valence-corrected chi connectivity index (χ3v) is 2.72. The minimum absolute atomic E-state index is 0.0891. The van der Waals surface area contributed by atoms with Crippen LogP contribution in [0, 0.1) is 0 Å². The molecule has 1 heterocycles. The number of rotatable bonds is 0. The molecule has 4 heteroatoms. The third kappa shape index (κ3) is 1.95. The second-order valence-corrected chi connectivity index (χ2v) is 4.46. The Morgan fingerprint density at radius 1 is 1.56 bits per heavy atom. The highest BCUT2D eigenvalue weighted by atomic mass is 32.2. The van der Waals surface area contributed by atoms with E-state index >= 15 is 0 Å². The smallest absolute Gasteiger partial charge is 0.174 e. The van der Waals surface area contributed by atoms with Crippen LogP contribution in [-0.2, 0) is 14.6 Å². The molecule has 0 saturated carbocycles. The lowest BCUT2D eigenvalue weighted by atomic mass is 10.3. The summed E-state index contributed by atoms with van der Waals surface area (Å²) in [5.41, 5.74) is 0. The molecule has 1 aliphatic rings. The average Bonchev–Trinajstić information content (AvgIpc) is 1.78. The van der Waals surface area contributed by atoms with Gasteiger partial charge < -0.3 is 4.74 Å². The summed E-state index contributed by atoms with van der Waals surface area (Å²) in [6.07, 6.45) is 0.760. The van der Waals surface area contributed by atoms with Gasteiger partial charge in [-0.3, -0.25) is 0 Å². The van der Waals surface area contributed by atoms with Crippen molar-refractivity contribution in [2.75, 3.05) is 11.7 Å². The van der Waals surface area contributed by atoms with Gasteiger partial charge in [0.25, 0.3) is 0 Å². The Morgan fingerprint density at radius 3 is 2.56 bits per heavy atom. The highest BCUT2D eigenvalue weighted by Gasteiger charge is 2.20. The molecule has 0 aromatic rings.